The van der Waals surface area contributed by atoms with Gasteiger partial charge in [0.05, 0.1) is 9.50 Å². The van der Waals surface area contributed by atoms with Crippen molar-refractivity contribution in [1.82, 2.24) is 0 Å². The quantitative estimate of drug-likeness (QED) is 0.233. The second-order valence-electron chi connectivity index (χ2n) is 6.77. The van der Waals surface area contributed by atoms with Gasteiger partial charge in [-0.3, -0.25) is 4.79 Å². The minimum absolute atomic E-state index is 0.0733. The Balaban J connectivity index is 1.78. The van der Waals surface area contributed by atoms with Crippen LogP contribution in [-0.4, -0.2) is 5.91 Å². The van der Waals surface area contributed by atoms with E-state index in [1.807, 2.05) is 30.3 Å². The van der Waals surface area contributed by atoms with Crippen LogP contribution < -0.4 is 10.1 Å². The molecule has 0 aliphatic heterocycles. The fourth-order valence-electron chi connectivity index (χ4n) is 2.78. The van der Waals surface area contributed by atoms with Crippen molar-refractivity contribution in [3.8, 4) is 11.8 Å². The van der Waals surface area contributed by atoms with Crippen molar-refractivity contribution < 1.29 is 9.53 Å². The summed E-state index contributed by atoms with van der Waals surface area (Å²) < 4.78 is 7.45. The Bertz CT molecular complexity index is 1210. The van der Waals surface area contributed by atoms with E-state index in [-0.39, 0.29) is 5.57 Å². The average Bonchev–Trinajstić information content (AvgIpc) is 2.76. The third-order valence-corrected chi connectivity index (χ3v) is 6.32. The van der Waals surface area contributed by atoms with Crippen LogP contribution >= 0.6 is 55.1 Å². The topological polar surface area (TPSA) is 62.1 Å². The number of anilines is 1. The van der Waals surface area contributed by atoms with Crippen LogP contribution in [-0.2, 0) is 11.4 Å². The largest absolute Gasteiger partial charge is 0.486 e. The number of nitriles is 1. The number of hydrogen-bond donors (Lipinski definition) is 1. The number of nitrogens with one attached hydrogen (secondary N) is 1. The first-order valence-electron chi connectivity index (χ1n) is 9.33. The Hall–Kier alpha value is -2.30. The molecular weight excluding hydrogens is 579 g/mol. The Morgan fingerprint density at radius 1 is 1.12 bits per heavy atom. The Kier molecular flexibility index (Phi) is 8.38. The first-order valence-corrected chi connectivity index (χ1v) is 11.7. The lowest BCUT2D eigenvalue weighted by molar-refractivity contribution is -0.112. The van der Waals surface area contributed by atoms with Crippen LogP contribution in [0.1, 0.15) is 16.7 Å². The minimum atomic E-state index is -0.541. The summed E-state index contributed by atoms with van der Waals surface area (Å²) >= 11 is 19.4. The second kappa shape index (κ2) is 11.0. The Morgan fingerprint density at radius 2 is 1.84 bits per heavy atom. The highest BCUT2D eigenvalue weighted by Gasteiger charge is 2.14. The number of halogens is 4. The van der Waals surface area contributed by atoms with Crippen molar-refractivity contribution in [3.63, 3.8) is 0 Å². The molecule has 162 valence electrons. The fraction of sp³-hybridized carbons (Fsp3) is 0.0833. The van der Waals surface area contributed by atoms with Crippen molar-refractivity contribution in [3.05, 3.63) is 95.9 Å². The molecule has 0 heterocycles. The van der Waals surface area contributed by atoms with Gasteiger partial charge in [-0.05, 0) is 82.0 Å². The molecular formula is C24H16Br2Cl2N2O2. The van der Waals surface area contributed by atoms with Crippen molar-refractivity contribution in [2.24, 2.45) is 0 Å². The van der Waals surface area contributed by atoms with Crippen molar-refractivity contribution in [2.75, 3.05) is 5.32 Å². The fourth-order valence-corrected chi connectivity index (χ4v) is 4.21. The van der Waals surface area contributed by atoms with Crippen LogP contribution in [0.25, 0.3) is 6.08 Å². The highest BCUT2D eigenvalue weighted by atomic mass is 79.9. The van der Waals surface area contributed by atoms with Gasteiger partial charge in [0.15, 0.2) is 5.75 Å². The van der Waals surface area contributed by atoms with Gasteiger partial charge < -0.3 is 10.1 Å². The number of hydrogen-bond acceptors (Lipinski definition) is 3. The molecule has 1 N–H and O–H groups in total. The van der Waals surface area contributed by atoms with Gasteiger partial charge in [-0.1, -0.05) is 57.3 Å². The molecule has 4 nitrogen and oxygen atoms in total. The number of carbonyl (C=O) groups excluding carboxylic acids is 1. The molecule has 0 saturated carbocycles. The molecule has 0 radical (unpaired) electrons. The molecule has 0 unspecified atom stereocenters. The van der Waals surface area contributed by atoms with E-state index in [0.29, 0.717) is 38.1 Å². The highest BCUT2D eigenvalue weighted by Crippen LogP contribution is 2.36. The number of nitrogens with zero attached hydrogens (tertiary/aromatic N) is 1. The first kappa shape index (κ1) is 24.3. The third-order valence-electron chi connectivity index (χ3n) is 4.51. The van der Waals surface area contributed by atoms with Crippen molar-refractivity contribution in [2.45, 2.75) is 13.5 Å². The van der Waals surface area contributed by atoms with Gasteiger partial charge in [-0.2, -0.15) is 5.26 Å². The van der Waals surface area contributed by atoms with E-state index in [9.17, 15) is 10.1 Å². The van der Waals surface area contributed by atoms with Crippen LogP contribution in [0, 0.1) is 18.3 Å². The zero-order valence-electron chi connectivity index (χ0n) is 16.8. The van der Waals surface area contributed by atoms with Gasteiger partial charge in [-0.25, -0.2) is 0 Å². The van der Waals surface area contributed by atoms with E-state index in [0.717, 1.165) is 15.6 Å². The van der Waals surface area contributed by atoms with Gasteiger partial charge >= 0.3 is 0 Å². The van der Waals surface area contributed by atoms with Crippen LogP contribution in [0.2, 0.25) is 10.0 Å². The summed E-state index contributed by atoms with van der Waals surface area (Å²) in [5.74, 6) is -0.0649. The normalized spacial score (nSPS) is 11.1. The molecule has 3 aromatic rings. The van der Waals surface area contributed by atoms with E-state index < -0.39 is 5.91 Å². The maximum Gasteiger partial charge on any atom is 0.266 e. The lowest BCUT2D eigenvalue weighted by Gasteiger charge is -2.12. The predicted molar refractivity (Wildman–Crippen MR) is 136 cm³/mol. The lowest BCUT2D eigenvalue weighted by atomic mass is 10.1. The van der Waals surface area contributed by atoms with Gasteiger partial charge in [0.25, 0.3) is 5.91 Å². The second-order valence-corrected chi connectivity index (χ2v) is 9.35. The number of rotatable bonds is 6. The molecule has 8 heteroatoms. The van der Waals surface area contributed by atoms with E-state index >= 15 is 0 Å². The summed E-state index contributed by atoms with van der Waals surface area (Å²) in [4.78, 5) is 12.6. The Labute approximate surface area is 213 Å². The van der Waals surface area contributed by atoms with Crippen molar-refractivity contribution in [1.29, 1.82) is 5.26 Å². The average molecular weight is 595 g/mol. The third kappa shape index (κ3) is 6.14. The zero-order chi connectivity index (χ0) is 23.3. The summed E-state index contributed by atoms with van der Waals surface area (Å²) in [6.07, 6.45) is 1.46. The van der Waals surface area contributed by atoms with E-state index in [1.54, 1.807) is 37.3 Å². The minimum Gasteiger partial charge on any atom is -0.486 e. The number of carbonyl (C=O) groups is 1. The molecule has 0 spiro atoms. The van der Waals surface area contributed by atoms with Gasteiger partial charge in [0.1, 0.15) is 18.2 Å². The molecule has 0 atom stereocenters. The molecule has 0 saturated heterocycles. The van der Waals surface area contributed by atoms with Crippen LogP contribution in [0.4, 0.5) is 5.69 Å². The molecule has 0 fully saturated rings. The predicted octanol–water partition coefficient (Wildman–Crippen LogP) is 7.95. The summed E-state index contributed by atoms with van der Waals surface area (Å²) in [6.45, 7) is 2.13. The standard InChI is InChI=1S/C24H16Br2Cl2N2O2/c1-14-20(27)3-2-4-22(14)30-24(31)17(12-29)9-16-10-19(26)23(21(28)11-16)32-13-15-5-7-18(25)8-6-15/h2-11H,13H2,1H3,(H,30,31)/b17-9-. The van der Waals surface area contributed by atoms with Gasteiger partial charge in [-0.15, -0.1) is 0 Å². The number of ether oxygens (including phenoxy) is 1. The SMILES string of the molecule is Cc1c(Cl)cccc1NC(=O)/C(C#N)=C\c1cc(Cl)c(OCc2ccc(Br)cc2)c(Br)c1. The van der Waals surface area contributed by atoms with Crippen LogP contribution in [0.3, 0.4) is 0 Å². The van der Waals surface area contributed by atoms with E-state index in [2.05, 4.69) is 37.2 Å². The van der Waals surface area contributed by atoms with E-state index in [4.69, 9.17) is 27.9 Å². The molecule has 1 amide bonds. The van der Waals surface area contributed by atoms with Crippen LogP contribution in [0.15, 0.2) is 69.1 Å². The molecule has 0 bridgehead atoms. The molecule has 3 rings (SSSR count). The maximum absolute atomic E-state index is 12.6. The molecule has 0 aromatic heterocycles. The molecule has 0 aliphatic carbocycles. The maximum atomic E-state index is 12.6. The smallest absolute Gasteiger partial charge is 0.266 e. The summed E-state index contributed by atoms with van der Waals surface area (Å²) in [7, 11) is 0. The molecule has 3 aromatic carbocycles. The van der Waals surface area contributed by atoms with Crippen molar-refractivity contribution >= 4 is 72.7 Å². The summed E-state index contributed by atoms with van der Waals surface area (Å²) in [6, 6.07) is 18.2. The highest BCUT2D eigenvalue weighted by molar-refractivity contribution is 9.10. The van der Waals surface area contributed by atoms with Gasteiger partial charge in [0.2, 0.25) is 0 Å². The van der Waals surface area contributed by atoms with E-state index in [1.165, 1.54) is 6.08 Å². The zero-order valence-corrected chi connectivity index (χ0v) is 21.4. The van der Waals surface area contributed by atoms with Crippen LogP contribution in [0.5, 0.6) is 5.75 Å². The number of benzene rings is 3. The lowest BCUT2D eigenvalue weighted by Crippen LogP contribution is -2.14. The van der Waals surface area contributed by atoms with Gasteiger partial charge in [0, 0.05) is 15.2 Å². The number of amides is 1. The summed E-state index contributed by atoms with van der Waals surface area (Å²) in [5.41, 5.74) is 2.75. The summed E-state index contributed by atoms with van der Waals surface area (Å²) in [5, 5.41) is 13.1. The molecule has 32 heavy (non-hydrogen) atoms. The first-order chi connectivity index (χ1) is 15.3. The monoisotopic (exact) mass is 592 g/mol. The Morgan fingerprint density at radius 3 is 2.50 bits per heavy atom. The molecule has 0 aliphatic rings.